The molecule has 1 amide bonds. The van der Waals surface area contributed by atoms with Crippen LogP contribution in [0.5, 0.6) is 0 Å². The topological polar surface area (TPSA) is 95.9 Å². The minimum absolute atomic E-state index is 0.0111. The van der Waals surface area contributed by atoms with Gasteiger partial charge in [0.1, 0.15) is 0 Å². The summed E-state index contributed by atoms with van der Waals surface area (Å²) in [6, 6.07) is -0.543. The number of allylic oxidation sites excluding steroid dienone is 6. The Balaban J connectivity index is 3.37. The minimum Gasteiger partial charge on any atom is -0.466 e. The van der Waals surface area contributed by atoms with Gasteiger partial charge in [-0.3, -0.25) is 9.59 Å². The van der Waals surface area contributed by atoms with Crippen molar-refractivity contribution in [3.05, 3.63) is 36.5 Å². The monoisotopic (exact) mass is 1100 g/mol. The Morgan fingerprint density at radius 1 is 0.359 bits per heavy atom. The number of carbonyl (C=O) groups excluding carboxylic acids is 2. The van der Waals surface area contributed by atoms with E-state index in [1.54, 1.807) is 0 Å². The first-order valence-electron chi connectivity index (χ1n) is 35.2. The highest BCUT2D eigenvalue weighted by molar-refractivity contribution is 5.76. The van der Waals surface area contributed by atoms with Gasteiger partial charge in [-0.2, -0.15) is 0 Å². The first-order chi connectivity index (χ1) is 38.5. The van der Waals surface area contributed by atoms with Crippen LogP contribution >= 0.6 is 0 Å². The molecule has 0 heterocycles. The molecule has 0 radical (unpaired) electrons. The number of carbonyl (C=O) groups is 2. The molecule has 78 heavy (non-hydrogen) atoms. The molecule has 0 aliphatic rings. The van der Waals surface area contributed by atoms with Gasteiger partial charge in [-0.15, -0.1) is 0 Å². The van der Waals surface area contributed by atoms with Gasteiger partial charge in [0.15, 0.2) is 0 Å². The SMILES string of the molecule is CCCCC/C=C\C/C=C\CCCCCCCCCCCC(=O)OCCCCCCCCCCCCCC/C=C\CCCCCCCCCCCCC(=O)NC(CO)C(O)CCCCCCCCCCCCCCCCCC. The number of hydrogen-bond donors (Lipinski definition) is 3. The summed E-state index contributed by atoms with van der Waals surface area (Å²) in [7, 11) is 0. The number of amides is 1. The summed E-state index contributed by atoms with van der Waals surface area (Å²) in [5, 5.41) is 23.3. The van der Waals surface area contributed by atoms with Gasteiger partial charge < -0.3 is 20.3 Å². The van der Waals surface area contributed by atoms with Crippen LogP contribution in [0.3, 0.4) is 0 Å². The molecule has 2 unspecified atom stereocenters. The smallest absolute Gasteiger partial charge is 0.305 e. The highest BCUT2D eigenvalue weighted by Gasteiger charge is 2.20. The average Bonchev–Trinajstić information content (AvgIpc) is 3.44. The van der Waals surface area contributed by atoms with E-state index < -0.39 is 12.1 Å². The minimum atomic E-state index is -0.666. The van der Waals surface area contributed by atoms with Gasteiger partial charge in [-0.1, -0.05) is 326 Å². The van der Waals surface area contributed by atoms with Gasteiger partial charge in [0.25, 0.3) is 0 Å². The summed E-state index contributed by atoms with van der Waals surface area (Å²) in [6.07, 6.45) is 86.1. The molecule has 0 fully saturated rings. The molecule has 0 aromatic heterocycles. The van der Waals surface area contributed by atoms with E-state index in [1.807, 2.05) is 0 Å². The van der Waals surface area contributed by atoms with Gasteiger partial charge in [0, 0.05) is 12.8 Å². The van der Waals surface area contributed by atoms with E-state index in [-0.39, 0.29) is 18.5 Å². The van der Waals surface area contributed by atoms with Crippen LogP contribution in [0.15, 0.2) is 36.5 Å². The van der Waals surface area contributed by atoms with Crippen molar-refractivity contribution >= 4 is 11.9 Å². The average molecular weight is 1100 g/mol. The van der Waals surface area contributed by atoms with Crippen molar-refractivity contribution in [2.75, 3.05) is 13.2 Å². The van der Waals surface area contributed by atoms with Crippen molar-refractivity contribution in [3.63, 3.8) is 0 Å². The van der Waals surface area contributed by atoms with E-state index in [9.17, 15) is 19.8 Å². The molecule has 0 saturated heterocycles. The van der Waals surface area contributed by atoms with E-state index >= 15 is 0 Å². The second-order valence-electron chi connectivity index (χ2n) is 24.2. The molecule has 6 nitrogen and oxygen atoms in total. The van der Waals surface area contributed by atoms with Gasteiger partial charge in [-0.25, -0.2) is 0 Å². The zero-order chi connectivity index (χ0) is 56.4. The van der Waals surface area contributed by atoms with Gasteiger partial charge >= 0.3 is 5.97 Å². The normalized spacial score (nSPS) is 12.7. The second-order valence-corrected chi connectivity index (χ2v) is 24.2. The number of rotatable bonds is 66. The molecular formula is C72H137NO5. The third kappa shape index (κ3) is 63.3. The molecule has 0 bridgehead atoms. The quantitative estimate of drug-likeness (QED) is 0.0320. The Bertz CT molecular complexity index is 1260. The summed E-state index contributed by atoms with van der Waals surface area (Å²) in [5.41, 5.74) is 0. The van der Waals surface area contributed by atoms with Crippen LogP contribution in [0.1, 0.15) is 386 Å². The maximum atomic E-state index is 12.5. The van der Waals surface area contributed by atoms with Crippen LogP contribution in [-0.4, -0.2) is 47.4 Å². The highest BCUT2D eigenvalue weighted by Crippen LogP contribution is 2.18. The van der Waals surface area contributed by atoms with Crippen LogP contribution in [0.4, 0.5) is 0 Å². The summed E-state index contributed by atoms with van der Waals surface area (Å²) >= 11 is 0. The van der Waals surface area contributed by atoms with Crippen LogP contribution in [-0.2, 0) is 14.3 Å². The van der Waals surface area contributed by atoms with Crippen LogP contribution in [0, 0.1) is 0 Å². The first-order valence-corrected chi connectivity index (χ1v) is 35.2. The number of unbranched alkanes of at least 4 members (excludes halogenated alkanes) is 49. The number of aliphatic hydroxyl groups is 2. The largest absolute Gasteiger partial charge is 0.466 e. The maximum Gasteiger partial charge on any atom is 0.305 e. The fourth-order valence-electron chi connectivity index (χ4n) is 11.0. The van der Waals surface area contributed by atoms with E-state index in [1.165, 1.54) is 302 Å². The number of hydrogen-bond acceptors (Lipinski definition) is 5. The van der Waals surface area contributed by atoms with Crippen molar-refractivity contribution in [2.24, 2.45) is 0 Å². The third-order valence-electron chi connectivity index (χ3n) is 16.4. The van der Waals surface area contributed by atoms with Gasteiger partial charge in [0.2, 0.25) is 5.91 Å². The fourth-order valence-corrected chi connectivity index (χ4v) is 11.0. The molecule has 6 heteroatoms. The summed E-state index contributed by atoms with van der Waals surface area (Å²) in [4.78, 5) is 24.6. The van der Waals surface area contributed by atoms with Crippen molar-refractivity contribution in [2.45, 2.75) is 398 Å². The lowest BCUT2D eigenvalue weighted by Gasteiger charge is -2.22. The molecule has 0 aliphatic heterocycles. The summed E-state index contributed by atoms with van der Waals surface area (Å²) in [5.74, 6) is -0.0231. The predicted octanol–water partition coefficient (Wildman–Crippen LogP) is 22.7. The van der Waals surface area contributed by atoms with E-state index in [4.69, 9.17) is 4.74 Å². The van der Waals surface area contributed by atoms with Gasteiger partial charge in [0.05, 0.1) is 25.4 Å². The van der Waals surface area contributed by atoms with E-state index in [0.717, 1.165) is 51.4 Å². The lowest BCUT2D eigenvalue weighted by molar-refractivity contribution is -0.143. The van der Waals surface area contributed by atoms with Crippen molar-refractivity contribution in [1.29, 1.82) is 0 Å². The Morgan fingerprint density at radius 3 is 1.01 bits per heavy atom. The molecule has 0 spiro atoms. The lowest BCUT2D eigenvalue weighted by Crippen LogP contribution is -2.45. The van der Waals surface area contributed by atoms with Crippen molar-refractivity contribution < 1.29 is 24.5 Å². The number of esters is 1. The number of nitrogens with one attached hydrogen (secondary N) is 1. The maximum absolute atomic E-state index is 12.5. The summed E-state index contributed by atoms with van der Waals surface area (Å²) in [6.45, 7) is 4.96. The lowest BCUT2D eigenvalue weighted by atomic mass is 10.0. The Morgan fingerprint density at radius 2 is 0.641 bits per heavy atom. The van der Waals surface area contributed by atoms with Crippen LogP contribution in [0.25, 0.3) is 0 Å². The van der Waals surface area contributed by atoms with Crippen LogP contribution in [0.2, 0.25) is 0 Å². The molecule has 0 rings (SSSR count). The Labute approximate surface area is 487 Å². The number of ether oxygens (including phenoxy) is 1. The molecular weight excluding hydrogens is 959 g/mol. The molecule has 3 N–H and O–H groups in total. The third-order valence-corrected chi connectivity index (χ3v) is 16.4. The molecule has 0 aliphatic carbocycles. The highest BCUT2D eigenvalue weighted by atomic mass is 16.5. The molecule has 0 saturated carbocycles. The Kier molecular flexibility index (Phi) is 65.9. The van der Waals surface area contributed by atoms with Crippen molar-refractivity contribution in [1.82, 2.24) is 5.32 Å². The molecule has 0 aromatic rings. The second kappa shape index (κ2) is 67.6. The molecule has 0 aromatic carbocycles. The Hall–Kier alpha value is -1.92. The number of aliphatic hydroxyl groups excluding tert-OH is 2. The zero-order valence-electron chi connectivity index (χ0n) is 52.7. The van der Waals surface area contributed by atoms with Crippen molar-refractivity contribution in [3.8, 4) is 0 Å². The van der Waals surface area contributed by atoms with E-state index in [0.29, 0.717) is 25.9 Å². The standard InChI is InChI=1S/C72H137NO5/c1-3-5-7-9-11-13-15-17-19-21-30-34-38-42-46-50-54-58-62-66-72(77)78-67-63-59-55-51-47-43-39-35-32-29-27-25-23-22-24-26-28-31-33-37-41-45-49-53-57-61-65-71(76)73-69(68-74)70(75)64-60-56-52-48-44-40-36-20-18-16-14-12-10-8-6-4-2/h11,13,17,19,22,24,69-70,74-75H,3-10,12,14-16,18,20-21,23,25-68H2,1-2H3,(H,73,76)/b13-11-,19-17-,24-22-. The summed E-state index contributed by atoms with van der Waals surface area (Å²) < 4.78 is 5.51. The first kappa shape index (κ1) is 76.1. The predicted molar refractivity (Wildman–Crippen MR) is 343 cm³/mol. The fraction of sp³-hybridized carbons (Fsp3) is 0.889. The van der Waals surface area contributed by atoms with Gasteiger partial charge in [-0.05, 0) is 83.5 Å². The van der Waals surface area contributed by atoms with Crippen LogP contribution < -0.4 is 5.32 Å². The molecule has 460 valence electrons. The molecule has 2 atom stereocenters. The zero-order valence-corrected chi connectivity index (χ0v) is 52.7. The van der Waals surface area contributed by atoms with E-state index in [2.05, 4.69) is 55.6 Å².